The zero-order chi connectivity index (χ0) is 23.5. The van der Waals surface area contributed by atoms with Gasteiger partial charge in [0.25, 0.3) is 5.56 Å². The lowest BCUT2D eigenvalue weighted by Crippen LogP contribution is -2.45. The highest BCUT2D eigenvalue weighted by atomic mass is 35.5. The van der Waals surface area contributed by atoms with Crippen molar-refractivity contribution in [2.75, 3.05) is 18.0 Å². The van der Waals surface area contributed by atoms with Crippen molar-refractivity contribution in [1.82, 2.24) is 14.9 Å². The van der Waals surface area contributed by atoms with E-state index in [1.165, 1.54) is 10.6 Å². The van der Waals surface area contributed by atoms with Gasteiger partial charge in [0.2, 0.25) is 5.91 Å². The third-order valence-electron chi connectivity index (χ3n) is 5.67. The van der Waals surface area contributed by atoms with E-state index in [2.05, 4.69) is 10.2 Å². The van der Waals surface area contributed by atoms with Crippen LogP contribution in [0.4, 0.5) is 5.82 Å². The fourth-order valence-corrected chi connectivity index (χ4v) is 4.52. The van der Waals surface area contributed by atoms with E-state index in [0.29, 0.717) is 57.5 Å². The molecule has 6 nitrogen and oxygen atoms in total. The first kappa shape index (κ1) is 23.6. The summed E-state index contributed by atoms with van der Waals surface area (Å²) >= 11 is 18.6. The lowest BCUT2D eigenvalue weighted by atomic mass is 10.0. The first-order valence-corrected chi connectivity index (χ1v) is 11.9. The smallest absolute Gasteiger partial charge is 0.260 e. The van der Waals surface area contributed by atoms with Crippen LogP contribution in [0.25, 0.3) is 17.1 Å². The van der Waals surface area contributed by atoms with Crippen LogP contribution in [-0.4, -0.2) is 34.6 Å². The number of nitrogens with one attached hydrogen (secondary N) is 1. The quantitative estimate of drug-likeness (QED) is 0.507. The standard InChI is InChI=1S/C24H23Cl3N4O2/c1-2-22(32)28-17-9-11-30(12-10-17)21-14-23(33)31(18-6-3-15(25)4-7-18)24(29-21)19-8-5-16(26)13-20(19)27/h3-8,13-14,17H,2,9-12H2,1H3,(H,28,32). The lowest BCUT2D eigenvalue weighted by Gasteiger charge is -2.33. The minimum atomic E-state index is -0.232. The Bertz CT molecular complexity index is 1220. The highest BCUT2D eigenvalue weighted by molar-refractivity contribution is 6.36. The number of benzene rings is 2. The Labute approximate surface area is 207 Å². The summed E-state index contributed by atoms with van der Waals surface area (Å²) in [6.07, 6.45) is 2.03. The van der Waals surface area contributed by atoms with Gasteiger partial charge in [-0.25, -0.2) is 4.98 Å². The molecule has 0 radical (unpaired) electrons. The van der Waals surface area contributed by atoms with E-state index in [0.717, 1.165) is 12.8 Å². The molecule has 0 saturated carbocycles. The fourth-order valence-electron chi connectivity index (χ4n) is 3.91. The SMILES string of the molecule is CCC(=O)NC1CCN(c2cc(=O)n(-c3ccc(Cl)cc3)c(-c3ccc(Cl)cc3Cl)n2)CC1. The minimum absolute atomic E-state index is 0.0526. The van der Waals surface area contributed by atoms with E-state index < -0.39 is 0 Å². The molecule has 1 aromatic heterocycles. The number of piperidine rings is 1. The van der Waals surface area contributed by atoms with Crippen LogP contribution in [0, 0.1) is 0 Å². The zero-order valence-corrected chi connectivity index (χ0v) is 20.3. The van der Waals surface area contributed by atoms with Crippen LogP contribution in [0.5, 0.6) is 0 Å². The van der Waals surface area contributed by atoms with Crippen LogP contribution in [0.3, 0.4) is 0 Å². The second kappa shape index (κ2) is 10.2. The van der Waals surface area contributed by atoms with Gasteiger partial charge in [0, 0.05) is 47.2 Å². The van der Waals surface area contributed by atoms with Crippen molar-refractivity contribution in [2.24, 2.45) is 0 Å². The number of carbonyl (C=O) groups excluding carboxylic acids is 1. The monoisotopic (exact) mass is 504 g/mol. The van der Waals surface area contributed by atoms with Gasteiger partial charge in [-0.2, -0.15) is 0 Å². The molecule has 2 heterocycles. The lowest BCUT2D eigenvalue weighted by molar-refractivity contribution is -0.121. The molecule has 1 saturated heterocycles. The van der Waals surface area contributed by atoms with Crippen LogP contribution >= 0.6 is 34.8 Å². The molecular weight excluding hydrogens is 483 g/mol. The van der Waals surface area contributed by atoms with Gasteiger partial charge in [0.15, 0.2) is 5.82 Å². The van der Waals surface area contributed by atoms with Gasteiger partial charge in [0.05, 0.1) is 10.7 Å². The number of amides is 1. The molecule has 9 heteroatoms. The van der Waals surface area contributed by atoms with E-state index in [4.69, 9.17) is 39.8 Å². The molecule has 2 aromatic carbocycles. The molecule has 0 spiro atoms. The first-order valence-electron chi connectivity index (χ1n) is 10.8. The van der Waals surface area contributed by atoms with Crippen molar-refractivity contribution in [3.63, 3.8) is 0 Å². The van der Waals surface area contributed by atoms with Crippen molar-refractivity contribution in [3.05, 3.63) is 74.0 Å². The third kappa shape index (κ3) is 5.35. The summed E-state index contributed by atoms with van der Waals surface area (Å²) in [7, 11) is 0. The van der Waals surface area contributed by atoms with Gasteiger partial charge in [-0.1, -0.05) is 41.7 Å². The molecule has 172 valence electrons. The maximum absolute atomic E-state index is 13.3. The number of nitrogens with zero attached hydrogens (tertiary/aromatic N) is 3. The largest absolute Gasteiger partial charge is 0.356 e. The molecule has 0 unspecified atom stereocenters. The number of hydrogen-bond acceptors (Lipinski definition) is 4. The van der Waals surface area contributed by atoms with Gasteiger partial charge in [0.1, 0.15) is 5.82 Å². The Balaban J connectivity index is 1.74. The van der Waals surface area contributed by atoms with Crippen LogP contribution < -0.4 is 15.8 Å². The van der Waals surface area contributed by atoms with E-state index in [1.54, 1.807) is 42.5 Å². The molecule has 1 N–H and O–H groups in total. The van der Waals surface area contributed by atoms with Crippen molar-refractivity contribution in [2.45, 2.75) is 32.2 Å². The number of carbonyl (C=O) groups is 1. The van der Waals surface area contributed by atoms with E-state index >= 15 is 0 Å². The van der Waals surface area contributed by atoms with E-state index in [9.17, 15) is 9.59 Å². The van der Waals surface area contributed by atoms with Gasteiger partial charge in [-0.05, 0) is 55.3 Å². The predicted octanol–water partition coefficient (Wildman–Crippen LogP) is 5.35. The summed E-state index contributed by atoms with van der Waals surface area (Å²) in [6, 6.07) is 13.7. The topological polar surface area (TPSA) is 67.2 Å². The summed E-state index contributed by atoms with van der Waals surface area (Å²) in [5, 5.41) is 4.51. The summed E-state index contributed by atoms with van der Waals surface area (Å²) in [4.78, 5) is 32.0. The van der Waals surface area contributed by atoms with Gasteiger partial charge >= 0.3 is 0 Å². The maximum Gasteiger partial charge on any atom is 0.260 e. The Morgan fingerprint density at radius 3 is 2.33 bits per heavy atom. The average molecular weight is 506 g/mol. The number of aromatic nitrogens is 2. The zero-order valence-electron chi connectivity index (χ0n) is 18.0. The van der Waals surface area contributed by atoms with E-state index in [1.807, 2.05) is 6.92 Å². The Hall–Kier alpha value is -2.54. The second-order valence-electron chi connectivity index (χ2n) is 7.89. The first-order chi connectivity index (χ1) is 15.9. The van der Waals surface area contributed by atoms with Crippen LogP contribution in [0.2, 0.25) is 15.1 Å². The molecular formula is C24H23Cl3N4O2. The highest BCUT2D eigenvalue weighted by Crippen LogP contribution is 2.31. The van der Waals surface area contributed by atoms with Crippen LogP contribution in [0.1, 0.15) is 26.2 Å². The second-order valence-corrected chi connectivity index (χ2v) is 9.17. The predicted molar refractivity (Wildman–Crippen MR) is 134 cm³/mol. The summed E-state index contributed by atoms with van der Waals surface area (Å²) in [6.45, 7) is 3.20. The molecule has 1 fully saturated rings. The summed E-state index contributed by atoms with van der Waals surface area (Å²) in [5.41, 5.74) is 0.996. The van der Waals surface area contributed by atoms with Crippen LogP contribution in [0.15, 0.2) is 53.3 Å². The van der Waals surface area contributed by atoms with Crippen molar-refractivity contribution in [3.8, 4) is 17.1 Å². The van der Waals surface area contributed by atoms with Crippen molar-refractivity contribution >= 4 is 46.5 Å². The Morgan fingerprint density at radius 2 is 1.70 bits per heavy atom. The van der Waals surface area contributed by atoms with Crippen molar-refractivity contribution < 1.29 is 4.79 Å². The number of anilines is 1. The maximum atomic E-state index is 13.3. The molecule has 0 aliphatic carbocycles. The van der Waals surface area contributed by atoms with Crippen molar-refractivity contribution in [1.29, 1.82) is 0 Å². The van der Waals surface area contributed by atoms with Crippen LogP contribution in [-0.2, 0) is 4.79 Å². The Morgan fingerprint density at radius 1 is 1.03 bits per heavy atom. The molecule has 0 atom stereocenters. The molecule has 1 amide bonds. The van der Waals surface area contributed by atoms with Gasteiger partial charge < -0.3 is 10.2 Å². The third-order valence-corrected chi connectivity index (χ3v) is 6.47. The molecule has 1 aliphatic heterocycles. The summed E-state index contributed by atoms with van der Waals surface area (Å²) < 4.78 is 1.52. The normalized spacial score (nSPS) is 14.4. The number of hydrogen-bond donors (Lipinski definition) is 1. The minimum Gasteiger partial charge on any atom is -0.356 e. The average Bonchev–Trinajstić information content (AvgIpc) is 2.80. The number of rotatable bonds is 5. The number of halogens is 3. The molecule has 1 aliphatic rings. The molecule has 33 heavy (non-hydrogen) atoms. The molecule has 0 bridgehead atoms. The fraction of sp³-hybridized carbons (Fsp3) is 0.292. The van der Waals surface area contributed by atoms with E-state index in [-0.39, 0.29) is 17.5 Å². The Kier molecular flexibility index (Phi) is 7.27. The van der Waals surface area contributed by atoms with Gasteiger partial charge in [-0.15, -0.1) is 0 Å². The molecule has 3 aromatic rings. The highest BCUT2D eigenvalue weighted by Gasteiger charge is 2.23. The van der Waals surface area contributed by atoms with Gasteiger partial charge in [-0.3, -0.25) is 14.2 Å². The summed E-state index contributed by atoms with van der Waals surface area (Å²) in [5.74, 6) is 1.05. The molecule has 4 rings (SSSR count).